The van der Waals surface area contributed by atoms with E-state index in [1.54, 1.807) is 11.3 Å². The van der Waals surface area contributed by atoms with Gasteiger partial charge in [0.1, 0.15) is 16.3 Å². The quantitative estimate of drug-likeness (QED) is 0.718. The van der Waals surface area contributed by atoms with Crippen LogP contribution >= 0.6 is 11.3 Å². The number of amides is 1. The van der Waals surface area contributed by atoms with E-state index >= 15 is 0 Å². The van der Waals surface area contributed by atoms with Gasteiger partial charge in [-0.25, -0.2) is 4.98 Å². The van der Waals surface area contributed by atoms with E-state index < -0.39 is 0 Å². The Hall–Kier alpha value is -2.21. The molecule has 0 saturated carbocycles. The molecule has 3 aromatic rings. The molecule has 24 heavy (non-hydrogen) atoms. The standard InChI is InChI=1S/C18H19N3O2S/c1-3-12-16(11(2)23-20-12)18(22)21-10-6-8-14(21)17-19-13-7-4-5-9-15(13)24-17/h4-5,7,9,14H,3,6,8,10H2,1-2H3/t14-/m1/s1. The van der Waals surface area contributed by atoms with Gasteiger partial charge >= 0.3 is 0 Å². The number of hydrogen-bond acceptors (Lipinski definition) is 5. The second-order valence-electron chi connectivity index (χ2n) is 6.09. The van der Waals surface area contributed by atoms with Crippen molar-refractivity contribution in [2.45, 2.75) is 39.2 Å². The van der Waals surface area contributed by atoms with Gasteiger partial charge < -0.3 is 9.42 Å². The van der Waals surface area contributed by atoms with Crippen LogP contribution in [-0.4, -0.2) is 27.5 Å². The van der Waals surface area contributed by atoms with E-state index in [1.807, 2.05) is 36.9 Å². The molecule has 6 heteroatoms. The molecule has 0 unspecified atom stereocenters. The number of thiazole rings is 1. The molecular formula is C18H19N3O2S. The molecular weight excluding hydrogens is 322 g/mol. The fraction of sp³-hybridized carbons (Fsp3) is 0.389. The van der Waals surface area contributed by atoms with Crippen molar-refractivity contribution in [3.05, 3.63) is 46.3 Å². The number of nitrogens with zero attached hydrogens (tertiary/aromatic N) is 3. The summed E-state index contributed by atoms with van der Waals surface area (Å²) in [6, 6.07) is 8.17. The summed E-state index contributed by atoms with van der Waals surface area (Å²) in [6.07, 6.45) is 2.65. The minimum atomic E-state index is 0.0207. The average Bonchev–Trinajstić information content (AvgIpc) is 3.30. The highest BCUT2D eigenvalue weighted by Gasteiger charge is 2.35. The molecule has 0 radical (unpaired) electrons. The smallest absolute Gasteiger partial charge is 0.259 e. The number of rotatable bonds is 3. The predicted octanol–water partition coefficient (Wildman–Crippen LogP) is 4.13. The monoisotopic (exact) mass is 341 g/mol. The lowest BCUT2D eigenvalue weighted by Crippen LogP contribution is -2.31. The SMILES string of the molecule is CCc1noc(C)c1C(=O)N1CCC[C@@H]1c1nc2ccccc2s1. The van der Waals surface area contributed by atoms with Gasteiger partial charge in [0.25, 0.3) is 5.91 Å². The second kappa shape index (κ2) is 6.02. The molecule has 1 saturated heterocycles. The molecule has 4 rings (SSSR count). The van der Waals surface area contributed by atoms with E-state index in [1.165, 1.54) is 4.70 Å². The average molecular weight is 341 g/mol. The molecule has 1 atom stereocenters. The number of hydrogen-bond donors (Lipinski definition) is 0. The zero-order chi connectivity index (χ0) is 16.7. The Bertz CT molecular complexity index is 866. The van der Waals surface area contributed by atoms with Crippen LogP contribution in [0.2, 0.25) is 0 Å². The first kappa shape index (κ1) is 15.3. The van der Waals surface area contributed by atoms with E-state index in [0.717, 1.165) is 35.6 Å². The number of aromatic nitrogens is 2. The summed E-state index contributed by atoms with van der Waals surface area (Å²) < 4.78 is 6.41. The highest BCUT2D eigenvalue weighted by molar-refractivity contribution is 7.18. The number of benzene rings is 1. The van der Waals surface area contributed by atoms with Crippen LogP contribution in [0.15, 0.2) is 28.8 Å². The molecule has 1 aromatic carbocycles. The lowest BCUT2D eigenvalue weighted by molar-refractivity contribution is 0.0733. The molecule has 2 aromatic heterocycles. The highest BCUT2D eigenvalue weighted by atomic mass is 32.1. The molecule has 5 nitrogen and oxygen atoms in total. The maximum Gasteiger partial charge on any atom is 0.259 e. The Morgan fingerprint density at radius 1 is 1.42 bits per heavy atom. The van der Waals surface area contributed by atoms with Crippen LogP contribution in [0.25, 0.3) is 10.2 Å². The molecule has 0 aliphatic carbocycles. The second-order valence-corrected chi connectivity index (χ2v) is 7.15. The minimum absolute atomic E-state index is 0.0207. The number of carbonyl (C=O) groups excluding carboxylic acids is 1. The van der Waals surface area contributed by atoms with Crippen molar-refractivity contribution in [3.63, 3.8) is 0 Å². The van der Waals surface area contributed by atoms with Crippen LogP contribution in [0.5, 0.6) is 0 Å². The van der Waals surface area contributed by atoms with E-state index in [0.29, 0.717) is 17.7 Å². The van der Waals surface area contributed by atoms with Gasteiger partial charge in [-0.05, 0) is 38.3 Å². The molecule has 124 valence electrons. The number of likely N-dealkylation sites (tertiary alicyclic amines) is 1. The van der Waals surface area contributed by atoms with E-state index in [2.05, 4.69) is 11.2 Å². The fourth-order valence-electron chi connectivity index (χ4n) is 3.38. The molecule has 1 fully saturated rings. The van der Waals surface area contributed by atoms with E-state index in [4.69, 9.17) is 9.51 Å². The van der Waals surface area contributed by atoms with Crippen LogP contribution in [-0.2, 0) is 6.42 Å². The predicted molar refractivity (Wildman–Crippen MR) is 93.2 cm³/mol. The van der Waals surface area contributed by atoms with Crippen molar-refractivity contribution in [2.75, 3.05) is 6.54 Å². The van der Waals surface area contributed by atoms with E-state index in [9.17, 15) is 4.79 Å². The van der Waals surface area contributed by atoms with Gasteiger partial charge in [0, 0.05) is 6.54 Å². The minimum Gasteiger partial charge on any atom is -0.361 e. The summed E-state index contributed by atoms with van der Waals surface area (Å²) >= 11 is 1.68. The molecule has 1 amide bonds. The van der Waals surface area contributed by atoms with Crippen LogP contribution in [0.3, 0.4) is 0 Å². The maximum absolute atomic E-state index is 13.1. The van der Waals surface area contributed by atoms with Crippen molar-refractivity contribution in [1.29, 1.82) is 0 Å². The molecule has 3 heterocycles. The lowest BCUT2D eigenvalue weighted by atomic mass is 10.1. The van der Waals surface area contributed by atoms with Crippen LogP contribution in [0, 0.1) is 6.92 Å². The summed E-state index contributed by atoms with van der Waals surface area (Å²) in [7, 11) is 0. The Morgan fingerprint density at radius 3 is 3.04 bits per heavy atom. The van der Waals surface area contributed by atoms with Gasteiger partial charge in [-0.15, -0.1) is 11.3 Å². The first-order valence-corrected chi connectivity index (χ1v) is 9.12. The van der Waals surface area contributed by atoms with Crippen molar-refractivity contribution < 1.29 is 9.32 Å². The third kappa shape index (κ3) is 2.41. The topological polar surface area (TPSA) is 59.2 Å². The van der Waals surface area contributed by atoms with Crippen molar-refractivity contribution in [3.8, 4) is 0 Å². The molecule has 0 N–H and O–H groups in total. The third-order valence-corrected chi connectivity index (χ3v) is 5.73. The van der Waals surface area contributed by atoms with E-state index in [-0.39, 0.29) is 11.9 Å². The maximum atomic E-state index is 13.1. The summed E-state index contributed by atoms with van der Waals surface area (Å²) in [6.45, 7) is 4.55. The molecule has 0 bridgehead atoms. The fourth-order valence-corrected chi connectivity index (χ4v) is 4.49. The first-order valence-electron chi connectivity index (χ1n) is 8.30. The number of aryl methyl sites for hydroxylation is 2. The summed E-state index contributed by atoms with van der Waals surface area (Å²) in [5.41, 5.74) is 2.38. The largest absolute Gasteiger partial charge is 0.361 e. The van der Waals surface area contributed by atoms with Gasteiger partial charge in [0.15, 0.2) is 0 Å². The van der Waals surface area contributed by atoms with Gasteiger partial charge in [-0.3, -0.25) is 4.79 Å². The number of para-hydroxylation sites is 1. The first-order chi connectivity index (χ1) is 11.7. The number of fused-ring (bicyclic) bond motifs is 1. The lowest BCUT2D eigenvalue weighted by Gasteiger charge is -2.23. The summed E-state index contributed by atoms with van der Waals surface area (Å²) in [5, 5.41) is 5.05. The zero-order valence-corrected chi connectivity index (χ0v) is 14.6. The Balaban J connectivity index is 1.69. The van der Waals surface area contributed by atoms with Gasteiger partial charge in [-0.1, -0.05) is 24.2 Å². The Labute approximate surface area is 144 Å². The van der Waals surface area contributed by atoms with Crippen molar-refractivity contribution in [1.82, 2.24) is 15.0 Å². The summed E-state index contributed by atoms with van der Waals surface area (Å²) in [5.74, 6) is 0.624. The van der Waals surface area contributed by atoms with Crippen LogP contribution in [0.1, 0.15) is 52.6 Å². The highest BCUT2D eigenvalue weighted by Crippen LogP contribution is 2.37. The number of carbonyl (C=O) groups is 1. The molecule has 0 spiro atoms. The summed E-state index contributed by atoms with van der Waals surface area (Å²) in [4.78, 5) is 19.8. The molecule has 1 aliphatic rings. The Morgan fingerprint density at radius 2 is 2.25 bits per heavy atom. The van der Waals surface area contributed by atoms with Crippen molar-refractivity contribution in [2.24, 2.45) is 0 Å². The van der Waals surface area contributed by atoms with Gasteiger partial charge in [-0.2, -0.15) is 0 Å². The van der Waals surface area contributed by atoms with Crippen LogP contribution < -0.4 is 0 Å². The molecule has 1 aliphatic heterocycles. The van der Waals surface area contributed by atoms with Gasteiger partial charge in [0.2, 0.25) is 0 Å². The van der Waals surface area contributed by atoms with Crippen LogP contribution in [0.4, 0.5) is 0 Å². The third-order valence-electron chi connectivity index (χ3n) is 4.59. The van der Waals surface area contributed by atoms with Gasteiger partial charge in [0.05, 0.1) is 22.0 Å². The van der Waals surface area contributed by atoms with Crippen molar-refractivity contribution >= 4 is 27.5 Å². The normalized spacial score (nSPS) is 17.8. The zero-order valence-electron chi connectivity index (χ0n) is 13.8. The Kier molecular flexibility index (Phi) is 3.84.